The molecule has 1 aromatic rings. The smallest absolute Gasteiger partial charge is 0.312 e. The molecule has 1 heterocycles. The van der Waals surface area contributed by atoms with Gasteiger partial charge < -0.3 is 5.73 Å². The Bertz CT molecular complexity index is 345. The molecule has 0 aliphatic heterocycles. The fourth-order valence-corrected chi connectivity index (χ4v) is 1.43. The summed E-state index contributed by atoms with van der Waals surface area (Å²) < 4.78 is 37.0. The van der Waals surface area contributed by atoms with E-state index in [0.29, 0.717) is 11.9 Å². The number of hydrogen-bond donors (Lipinski definition) is 1. The summed E-state index contributed by atoms with van der Waals surface area (Å²) in [5, 5.41) is 1.92. The third-order valence-corrected chi connectivity index (χ3v) is 2.74. The van der Waals surface area contributed by atoms with Crippen molar-refractivity contribution >= 4 is 17.1 Å². The van der Waals surface area contributed by atoms with Gasteiger partial charge in [0, 0.05) is 11.6 Å². The first kappa shape index (κ1) is 12.1. The van der Waals surface area contributed by atoms with Crippen LogP contribution in [0.3, 0.4) is 0 Å². The lowest BCUT2D eigenvalue weighted by molar-refractivity contribution is -0.185. The fourth-order valence-electron chi connectivity index (χ4n) is 0.819. The molecule has 0 amide bonds. The van der Waals surface area contributed by atoms with Crippen molar-refractivity contribution in [1.82, 2.24) is 4.98 Å². The lowest BCUT2D eigenvalue weighted by atomic mass is 9.95. The van der Waals surface area contributed by atoms with Crippen LogP contribution in [0.5, 0.6) is 0 Å². The van der Waals surface area contributed by atoms with E-state index >= 15 is 0 Å². The van der Waals surface area contributed by atoms with E-state index in [0.717, 1.165) is 11.3 Å². The van der Waals surface area contributed by atoms with Gasteiger partial charge in [-0.25, -0.2) is 4.98 Å². The number of halogens is 3. The lowest BCUT2D eigenvalue weighted by Gasteiger charge is -2.25. The van der Waals surface area contributed by atoms with Crippen LogP contribution in [0.2, 0.25) is 0 Å². The van der Waals surface area contributed by atoms with Gasteiger partial charge in [0.15, 0.2) is 11.3 Å². The molecular formula is C8H9F3N2OS. The molecule has 0 saturated heterocycles. The zero-order valence-electron chi connectivity index (χ0n) is 7.84. The van der Waals surface area contributed by atoms with Crippen LogP contribution < -0.4 is 5.73 Å². The van der Waals surface area contributed by atoms with Gasteiger partial charge in [0.25, 0.3) is 0 Å². The van der Waals surface area contributed by atoms with E-state index in [1.54, 1.807) is 5.38 Å². The summed E-state index contributed by atoms with van der Waals surface area (Å²) in [6, 6.07) is 0. The molecule has 0 spiro atoms. The van der Waals surface area contributed by atoms with Crippen LogP contribution in [0.15, 0.2) is 11.6 Å². The van der Waals surface area contributed by atoms with Crippen LogP contribution in [-0.2, 0) is 11.2 Å². The van der Waals surface area contributed by atoms with Crippen molar-refractivity contribution < 1.29 is 18.0 Å². The van der Waals surface area contributed by atoms with Gasteiger partial charge in [-0.05, 0) is 6.92 Å². The van der Waals surface area contributed by atoms with Crippen molar-refractivity contribution in [3.63, 3.8) is 0 Å². The standard InChI is InChI=1S/C8H9F3N2OS/c1-7(12,8(9,10)11)5(14)4-6-13-2-3-15-6/h2-3H,4,12H2,1H3. The van der Waals surface area contributed by atoms with E-state index in [4.69, 9.17) is 5.73 Å². The third kappa shape index (κ3) is 2.54. The highest BCUT2D eigenvalue weighted by molar-refractivity contribution is 7.09. The van der Waals surface area contributed by atoms with Crippen molar-refractivity contribution in [2.24, 2.45) is 5.73 Å². The zero-order valence-corrected chi connectivity index (χ0v) is 8.65. The number of thiazole rings is 1. The Morgan fingerprint density at radius 1 is 1.60 bits per heavy atom. The van der Waals surface area contributed by atoms with Crippen molar-refractivity contribution in [2.45, 2.75) is 25.1 Å². The van der Waals surface area contributed by atoms with Crippen molar-refractivity contribution in [1.29, 1.82) is 0 Å². The maximum atomic E-state index is 12.3. The summed E-state index contributed by atoms with van der Waals surface area (Å²) in [6.45, 7) is 0.670. The molecule has 15 heavy (non-hydrogen) atoms. The average molecular weight is 238 g/mol. The summed E-state index contributed by atoms with van der Waals surface area (Å²) in [4.78, 5) is 15.0. The number of nitrogens with zero attached hydrogens (tertiary/aromatic N) is 1. The van der Waals surface area contributed by atoms with Crippen LogP contribution in [0.4, 0.5) is 13.2 Å². The van der Waals surface area contributed by atoms with E-state index in [1.807, 2.05) is 0 Å². The van der Waals surface area contributed by atoms with Gasteiger partial charge in [-0.2, -0.15) is 13.2 Å². The average Bonchev–Trinajstić information content (AvgIpc) is 2.54. The summed E-state index contributed by atoms with van der Waals surface area (Å²) in [7, 11) is 0. The summed E-state index contributed by atoms with van der Waals surface area (Å²) in [5.41, 5.74) is 2.15. The number of ketones is 1. The SMILES string of the molecule is CC(N)(C(=O)Cc1nccs1)C(F)(F)F. The molecule has 0 aliphatic rings. The van der Waals surface area contributed by atoms with Crippen LogP contribution in [0, 0.1) is 0 Å². The van der Waals surface area contributed by atoms with Gasteiger partial charge in [0.2, 0.25) is 0 Å². The zero-order chi connectivity index (χ0) is 11.7. The number of carbonyl (C=O) groups is 1. The van der Waals surface area contributed by atoms with Crippen LogP contribution >= 0.6 is 11.3 Å². The first-order valence-electron chi connectivity index (χ1n) is 4.02. The van der Waals surface area contributed by atoms with Crippen LogP contribution in [0.25, 0.3) is 0 Å². The van der Waals surface area contributed by atoms with Gasteiger partial charge in [-0.15, -0.1) is 11.3 Å². The molecule has 1 unspecified atom stereocenters. The molecule has 84 valence electrons. The largest absolute Gasteiger partial charge is 0.413 e. The Morgan fingerprint density at radius 2 is 2.20 bits per heavy atom. The van der Waals surface area contributed by atoms with Crippen molar-refractivity contribution in [2.75, 3.05) is 0 Å². The first-order valence-corrected chi connectivity index (χ1v) is 4.90. The molecule has 0 bridgehead atoms. The maximum absolute atomic E-state index is 12.3. The molecule has 3 nitrogen and oxygen atoms in total. The van der Waals surface area contributed by atoms with Crippen LogP contribution in [0.1, 0.15) is 11.9 Å². The molecule has 0 aromatic carbocycles. The lowest BCUT2D eigenvalue weighted by Crippen LogP contribution is -2.57. The highest BCUT2D eigenvalue weighted by Crippen LogP contribution is 2.29. The normalized spacial score (nSPS) is 16.1. The minimum atomic E-state index is -4.73. The van der Waals surface area contributed by atoms with E-state index < -0.39 is 17.5 Å². The number of alkyl halides is 3. The monoisotopic (exact) mass is 238 g/mol. The highest BCUT2D eigenvalue weighted by Gasteiger charge is 2.53. The Hall–Kier alpha value is -0.950. The molecule has 2 N–H and O–H groups in total. The number of Topliss-reactive ketones (excluding diaryl/α,β-unsaturated/α-hetero) is 1. The highest BCUT2D eigenvalue weighted by atomic mass is 32.1. The second-order valence-electron chi connectivity index (χ2n) is 3.23. The Labute approximate surface area is 88.1 Å². The number of nitrogens with two attached hydrogens (primary N) is 1. The molecule has 1 aromatic heterocycles. The molecule has 0 saturated carbocycles. The summed E-state index contributed by atoms with van der Waals surface area (Å²) in [6.07, 6.45) is -3.69. The number of aromatic nitrogens is 1. The summed E-state index contributed by atoms with van der Waals surface area (Å²) >= 11 is 1.12. The van der Waals surface area contributed by atoms with Crippen LogP contribution in [-0.4, -0.2) is 22.5 Å². The minimum Gasteiger partial charge on any atom is -0.312 e. The number of carbonyl (C=O) groups excluding carboxylic acids is 1. The molecule has 1 atom stereocenters. The first-order chi connectivity index (χ1) is 6.75. The molecule has 1 rings (SSSR count). The Morgan fingerprint density at radius 3 is 2.60 bits per heavy atom. The Kier molecular flexibility index (Phi) is 3.15. The van der Waals surface area contributed by atoms with E-state index in [1.165, 1.54) is 6.20 Å². The molecular weight excluding hydrogens is 229 g/mol. The molecule has 0 fully saturated rings. The van der Waals surface area contributed by atoms with Gasteiger partial charge in [-0.1, -0.05) is 0 Å². The predicted molar refractivity (Wildman–Crippen MR) is 49.5 cm³/mol. The van der Waals surface area contributed by atoms with Gasteiger partial charge in [-0.3, -0.25) is 4.79 Å². The van der Waals surface area contributed by atoms with E-state index in [9.17, 15) is 18.0 Å². The van der Waals surface area contributed by atoms with Gasteiger partial charge in [0.05, 0.1) is 11.4 Å². The Balaban J connectivity index is 2.77. The topological polar surface area (TPSA) is 56.0 Å². The second kappa shape index (κ2) is 3.90. The van der Waals surface area contributed by atoms with Crippen molar-refractivity contribution in [3.8, 4) is 0 Å². The minimum absolute atomic E-state index is 0.334. The molecule has 0 radical (unpaired) electrons. The van der Waals surface area contributed by atoms with Crippen molar-refractivity contribution in [3.05, 3.63) is 16.6 Å². The fraction of sp³-hybridized carbons (Fsp3) is 0.500. The third-order valence-electron chi connectivity index (χ3n) is 1.96. The quantitative estimate of drug-likeness (QED) is 0.868. The number of rotatable bonds is 3. The van der Waals surface area contributed by atoms with E-state index in [2.05, 4.69) is 4.98 Å². The molecule has 0 aliphatic carbocycles. The van der Waals surface area contributed by atoms with Gasteiger partial charge >= 0.3 is 6.18 Å². The molecule has 7 heteroatoms. The predicted octanol–water partition coefficient (Wildman–Crippen LogP) is 1.53. The number of hydrogen-bond acceptors (Lipinski definition) is 4. The summed E-state index contributed by atoms with van der Waals surface area (Å²) in [5.74, 6) is -1.08. The van der Waals surface area contributed by atoms with E-state index in [-0.39, 0.29) is 6.42 Å². The van der Waals surface area contributed by atoms with Gasteiger partial charge in [0.1, 0.15) is 0 Å². The second-order valence-corrected chi connectivity index (χ2v) is 4.21. The maximum Gasteiger partial charge on any atom is 0.413 e.